The molecule has 0 saturated heterocycles. The van der Waals surface area contributed by atoms with Gasteiger partial charge in [0.2, 0.25) is 11.9 Å². The summed E-state index contributed by atoms with van der Waals surface area (Å²) in [7, 11) is 0. The molecule has 0 aromatic carbocycles. The number of rotatable bonds is 5. The van der Waals surface area contributed by atoms with Gasteiger partial charge in [-0.3, -0.25) is 19.7 Å². The van der Waals surface area contributed by atoms with Gasteiger partial charge in [0.25, 0.3) is 0 Å². The van der Waals surface area contributed by atoms with Crippen LogP contribution in [-0.4, -0.2) is 30.5 Å². The lowest BCUT2D eigenvalue weighted by atomic mass is 9.93. The molecule has 10 heteroatoms. The van der Waals surface area contributed by atoms with Crippen molar-refractivity contribution in [3.05, 3.63) is 47.9 Å². The van der Waals surface area contributed by atoms with Crippen molar-refractivity contribution >= 4 is 23.0 Å². The minimum Gasteiger partial charge on any atom is -0.383 e. The largest absolute Gasteiger partial charge is 0.417 e. The van der Waals surface area contributed by atoms with E-state index in [1.807, 2.05) is 0 Å². The number of nitrogens with one attached hydrogen (secondary N) is 1. The zero-order chi connectivity index (χ0) is 21.5. The lowest BCUT2D eigenvalue weighted by molar-refractivity contribution is -0.137. The first-order chi connectivity index (χ1) is 14.1. The minimum absolute atomic E-state index is 0.00540. The van der Waals surface area contributed by atoms with Crippen molar-refractivity contribution < 1.29 is 23.1 Å². The highest BCUT2D eigenvalue weighted by Gasteiger charge is 2.34. The fourth-order valence-electron chi connectivity index (χ4n) is 3.47. The molecule has 2 N–H and O–H groups in total. The standard InChI is InChI=1S/C20H20F3N5O2/c1-19(30,15-7-2-3-8-24-15)10-16(29)27-18-26-14-9-12(20(21,22)23)11-25-17(14)28(18)13-5-4-6-13/h2-3,7-9,11,13,30H,4-6,10H2,1H3,(H,26,27,29)/t19-/m1/s1. The van der Waals surface area contributed by atoms with Crippen LogP contribution in [0, 0.1) is 0 Å². The Bertz CT molecular complexity index is 1080. The lowest BCUT2D eigenvalue weighted by Gasteiger charge is -2.29. The molecule has 1 saturated carbocycles. The number of aromatic nitrogens is 4. The lowest BCUT2D eigenvalue weighted by Crippen LogP contribution is -2.30. The summed E-state index contributed by atoms with van der Waals surface area (Å²) in [6.07, 6.45) is 0.0851. The van der Waals surface area contributed by atoms with Crippen molar-refractivity contribution in [2.45, 2.75) is 50.4 Å². The van der Waals surface area contributed by atoms with Crippen LogP contribution in [0.15, 0.2) is 36.7 Å². The Hall–Kier alpha value is -3.01. The van der Waals surface area contributed by atoms with Gasteiger partial charge in [-0.25, -0.2) is 9.97 Å². The number of halogens is 3. The maximum Gasteiger partial charge on any atom is 0.417 e. The Morgan fingerprint density at radius 2 is 2.07 bits per heavy atom. The van der Waals surface area contributed by atoms with Crippen LogP contribution >= 0.6 is 0 Å². The van der Waals surface area contributed by atoms with Crippen LogP contribution < -0.4 is 5.32 Å². The summed E-state index contributed by atoms with van der Waals surface area (Å²) >= 11 is 0. The normalized spacial score (nSPS) is 16.8. The first-order valence-electron chi connectivity index (χ1n) is 9.54. The van der Waals surface area contributed by atoms with Gasteiger partial charge in [-0.15, -0.1) is 0 Å². The first kappa shape index (κ1) is 20.3. The number of hydrogen-bond acceptors (Lipinski definition) is 5. The van der Waals surface area contributed by atoms with Crippen LogP contribution in [0.4, 0.5) is 19.1 Å². The molecule has 0 unspecified atom stereocenters. The second-order valence-electron chi connectivity index (χ2n) is 7.67. The maximum absolute atomic E-state index is 13.0. The highest BCUT2D eigenvalue weighted by Crippen LogP contribution is 2.38. The molecule has 1 aliphatic carbocycles. The van der Waals surface area contributed by atoms with Crippen molar-refractivity contribution in [1.82, 2.24) is 19.5 Å². The van der Waals surface area contributed by atoms with Gasteiger partial charge < -0.3 is 5.11 Å². The molecule has 0 aliphatic heterocycles. The van der Waals surface area contributed by atoms with Crippen LogP contribution in [0.5, 0.6) is 0 Å². The summed E-state index contributed by atoms with van der Waals surface area (Å²) in [6.45, 7) is 1.47. The van der Waals surface area contributed by atoms with E-state index < -0.39 is 23.2 Å². The topological polar surface area (TPSA) is 92.9 Å². The predicted octanol–water partition coefficient (Wildman–Crippen LogP) is 3.81. The SMILES string of the molecule is C[C@@](O)(CC(=O)Nc1nc2cc(C(F)(F)F)cnc2n1C1CCC1)c1ccccn1. The number of hydrogen-bond donors (Lipinski definition) is 2. The zero-order valence-corrected chi connectivity index (χ0v) is 16.1. The fraction of sp³-hybridized carbons (Fsp3) is 0.400. The van der Waals surface area contributed by atoms with Gasteiger partial charge >= 0.3 is 6.18 Å². The van der Waals surface area contributed by atoms with E-state index in [0.29, 0.717) is 11.3 Å². The van der Waals surface area contributed by atoms with Crippen LogP contribution in [-0.2, 0) is 16.6 Å². The first-order valence-corrected chi connectivity index (χ1v) is 9.54. The predicted molar refractivity (Wildman–Crippen MR) is 102 cm³/mol. The summed E-state index contributed by atoms with van der Waals surface area (Å²) < 4.78 is 40.8. The number of alkyl halides is 3. The number of carbonyl (C=O) groups is 1. The van der Waals surface area contributed by atoms with E-state index in [9.17, 15) is 23.1 Å². The van der Waals surface area contributed by atoms with Gasteiger partial charge in [-0.05, 0) is 44.4 Å². The third-order valence-corrected chi connectivity index (χ3v) is 5.27. The Kier molecular flexibility index (Phi) is 4.97. The zero-order valence-electron chi connectivity index (χ0n) is 16.1. The number of amides is 1. The second kappa shape index (κ2) is 7.35. The summed E-state index contributed by atoms with van der Waals surface area (Å²) in [6, 6.07) is 5.94. The van der Waals surface area contributed by atoms with E-state index in [1.165, 1.54) is 13.1 Å². The summed E-state index contributed by atoms with van der Waals surface area (Å²) in [5.41, 5.74) is -1.73. The molecular formula is C20H20F3N5O2. The molecular weight excluding hydrogens is 399 g/mol. The van der Waals surface area contributed by atoms with Gasteiger partial charge in [-0.1, -0.05) is 6.07 Å². The van der Waals surface area contributed by atoms with Gasteiger partial charge in [0.05, 0.1) is 17.7 Å². The van der Waals surface area contributed by atoms with Gasteiger partial charge in [-0.2, -0.15) is 13.2 Å². The molecule has 7 nitrogen and oxygen atoms in total. The molecule has 1 atom stereocenters. The molecule has 3 heterocycles. The van der Waals surface area contributed by atoms with Crippen molar-refractivity contribution in [3.8, 4) is 0 Å². The highest BCUT2D eigenvalue weighted by molar-refractivity contribution is 5.91. The van der Waals surface area contributed by atoms with Crippen molar-refractivity contribution in [2.24, 2.45) is 0 Å². The molecule has 1 fully saturated rings. The molecule has 158 valence electrons. The van der Waals surface area contributed by atoms with Crippen LogP contribution in [0.1, 0.15) is 49.9 Å². The smallest absolute Gasteiger partial charge is 0.383 e. The average molecular weight is 419 g/mol. The van der Waals surface area contributed by atoms with Crippen molar-refractivity contribution in [2.75, 3.05) is 5.32 Å². The van der Waals surface area contributed by atoms with E-state index in [1.54, 1.807) is 22.8 Å². The van der Waals surface area contributed by atoms with Crippen LogP contribution in [0.3, 0.4) is 0 Å². The van der Waals surface area contributed by atoms with Crippen LogP contribution in [0.2, 0.25) is 0 Å². The van der Waals surface area contributed by atoms with Gasteiger partial charge in [0.15, 0.2) is 5.65 Å². The molecule has 4 rings (SSSR count). The van der Waals surface area contributed by atoms with Gasteiger partial charge in [0, 0.05) is 18.4 Å². The molecule has 30 heavy (non-hydrogen) atoms. The Morgan fingerprint density at radius 1 is 1.30 bits per heavy atom. The molecule has 0 bridgehead atoms. The average Bonchev–Trinajstić information content (AvgIpc) is 2.97. The highest BCUT2D eigenvalue weighted by atomic mass is 19.4. The molecule has 0 radical (unpaired) electrons. The quantitative estimate of drug-likeness (QED) is 0.656. The third-order valence-electron chi connectivity index (χ3n) is 5.27. The number of imidazole rings is 1. The molecule has 0 spiro atoms. The number of fused-ring (bicyclic) bond motifs is 1. The van der Waals surface area contributed by atoms with Crippen LogP contribution in [0.25, 0.3) is 11.2 Å². The molecule has 1 amide bonds. The third kappa shape index (κ3) is 3.87. The summed E-state index contributed by atoms with van der Waals surface area (Å²) in [4.78, 5) is 24.9. The monoisotopic (exact) mass is 419 g/mol. The maximum atomic E-state index is 13.0. The number of nitrogens with zero attached hydrogens (tertiary/aromatic N) is 4. The fourth-order valence-corrected chi connectivity index (χ4v) is 3.47. The second-order valence-corrected chi connectivity index (χ2v) is 7.67. The number of carbonyl (C=O) groups excluding carboxylic acids is 1. The molecule has 3 aromatic rings. The van der Waals surface area contributed by atoms with Crippen molar-refractivity contribution in [1.29, 1.82) is 0 Å². The van der Waals surface area contributed by atoms with Gasteiger partial charge in [0.1, 0.15) is 11.1 Å². The van der Waals surface area contributed by atoms with E-state index in [-0.39, 0.29) is 23.9 Å². The van der Waals surface area contributed by atoms with E-state index in [0.717, 1.165) is 31.5 Å². The molecule has 1 aliphatic rings. The summed E-state index contributed by atoms with van der Waals surface area (Å²) in [5, 5.41) is 13.3. The number of aliphatic hydroxyl groups is 1. The Balaban J connectivity index is 1.63. The van der Waals surface area contributed by atoms with E-state index in [4.69, 9.17) is 0 Å². The minimum atomic E-state index is -4.54. The number of anilines is 1. The molecule has 3 aromatic heterocycles. The number of pyridine rings is 2. The Labute approximate surface area is 170 Å². The van der Waals surface area contributed by atoms with E-state index in [2.05, 4.69) is 20.3 Å². The Morgan fingerprint density at radius 3 is 2.67 bits per heavy atom. The van der Waals surface area contributed by atoms with Crippen molar-refractivity contribution in [3.63, 3.8) is 0 Å². The van der Waals surface area contributed by atoms with E-state index >= 15 is 0 Å². The summed E-state index contributed by atoms with van der Waals surface area (Å²) in [5.74, 6) is -0.402.